The Labute approximate surface area is 225 Å². The number of rotatable bonds is 9. The molecule has 37 heavy (non-hydrogen) atoms. The van der Waals surface area contributed by atoms with E-state index in [1.54, 1.807) is 24.3 Å². The maximum atomic E-state index is 13.1. The summed E-state index contributed by atoms with van der Waals surface area (Å²) in [4.78, 5) is 15.3. The third-order valence-corrected chi connectivity index (χ3v) is 8.87. The number of nitrogens with one attached hydrogen (secondary N) is 1. The molecular weight excluding hydrogens is 480 g/mol. The van der Waals surface area contributed by atoms with E-state index in [1.165, 1.54) is 61.6 Å². The number of carbonyl (C=O) groups excluding carboxylic acids is 1. The van der Waals surface area contributed by atoms with E-state index in [0.717, 1.165) is 17.7 Å². The Morgan fingerprint density at radius 1 is 0.892 bits per heavy atom. The SMILES string of the molecule is CC(C)c1cc(C2CCCCCCC2)cc(C(C)C)c1CC(=O)NS(=O)(=O)c1ccc(CN(C)C)cc1. The molecule has 2 aromatic rings. The third-order valence-electron chi connectivity index (χ3n) is 7.48. The summed E-state index contributed by atoms with van der Waals surface area (Å²) in [6, 6.07) is 11.3. The van der Waals surface area contributed by atoms with E-state index in [1.807, 2.05) is 19.0 Å². The van der Waals surface area contributed by atoms with Gasteiger partial charge >= 0.3 is 0 Å². The van der Waals surface area contributed by atoms with Crippen LogP contribution in [-0.4, -0.2) is 33.3 Å². The molecule has 3 rings (SSSR count). The van der Waals surface area contributed by atoms with Crippen LogP contribution in [0.15, 0.2) is 41.3 Å². The lowest BCUT2D eigenvalue weighted by Crippen LogP contribution is -2.32. The third kappa shape index (κ3) is 8.15. The Balaban J connectivity index is 1.86. The van der Waals surface area contributed by atoms with E-state index in [2.05, 4.69) is 44.5 Å². The van der Waals surface area contributed by atoms with Crippen LogP contribution >= 0.6 is 0 Å². The first-order valence-electron chi connectivity index (χ1n) is 13.9. The zero-order valence-corrected chi connectivity index (χ0v) is 24.5. The molecule has 1 N–H and O–H groups in total. The van der Waals surface area contributed by atoms with E-state index in [-0.39, 0.29) is 23.2 Å². The minimum Gasteiger partial charge on any atom is -0.305 e. The summed E-state index contributed by atoms with van der Waals surface area (Å²) in [7, 11) is -0.00829. The summed E-state index contributed by atoms with van der Waals surface area (Å²) in [5, 5.41) is 0. The minimum absolute atomic E-state index is 0.0594. The van der Waals surface area contributed by atoms with Crippen molar-refractivity contribution in [3.63, 3.8) is 0 Å². The van der Waals surface area contributed by atoms with Gasteiger partial charge in [-0.3, -0.25) is 4.79 Å². The highest BCUT2D eigenvalue weighted by atomic mass is 32.2. The van der Waals surface area contributed by atoms with E-state index in [9.17, 15) is 13.2 Å². The van der Waals surface area contributed by atoms with Crippen molar-refractivity contribution in [1.29, 1.82) is 0 Å². The van der Waals surface area contributed by atoms with Gasteiger partial charge in [-0.15, -0.1) is 0 Å². The molecule has 5 nitrogen and oxygen atoms in total. The summed E-state index contributed by atoms with van der Waals surface area (Å²) < 4.78 is 28.3. The summed E-state index contributed by atoms with van der Waals surface area (Å²) in [6.07, 6.45) is 9.03. The lowest BCUT2D eigenvalue weighted by Gasteiger charge is -2.26. The highest BCUT2D eigenvalue weighted by Gasteiger charge is 2.24. The zero-order chi connectivity index (χ0) is 27.2. The normalized spacial score (nSPS) is 15.7. The van der Waals surface area contributed by atoms with Gasteiger partial charge < -0.3 is 4.90 Å². The average Bonchev–Trinajstić information content (AvgIpc) is 2.78. The molecule has 1 saturated carbocycles. The van der Waals surface area contributed by atoms with Gasteiger partial charge in [-0.05, 0) is 84.6 Å². The molecule has 0 bridgehead atoms. The predicted octanol–water partition coefficient (Wildman–Crippen LogP) is 6.87. The van der Waals surface area contributed by atoms with Gasteiger partial charge in [-0.2, -0.15) is 0 Å². The van der Waals surface area contributed by atoms with Gasteiger partial charge in [0.2, 0.25) is 5.91 Å². The fourth-order valence-corrected chi connectivity index (χ4v) is 6.53. The van der Waals surface area contributed by atoms with Crippen LogP contribution in [0, 0.1) is 0 Å². The molecule has 0 saturated heterocycles. The smallest absolute Gasteiger partial charge is 0.264 e. The predicted molar refractivity (Wildman–Crippen MR) is 153 cm³/mol. The van der Waals surface area contributed by atoms with E-state index in [0.29, 0.717) is 5.92 Å². The second-order valence-electron chi connectivity index (χ2n) is 11.6. The first-order valence-corrected chi connectivity index (χ1v) is 15.4. The van der Waals surface area contributed by atoms with E-state index in [4.69, 9.17) is 0 Å². The first-order chi connectivity index (χ1) is 17.5. The average molecular weight is 527 g/mol. The van der Waals surface area contributed by atoms with Crippen molar-refractivity contribution in [2.45, 2.75) is 108 Å². The van der Waals surface area contributed by atoms with Crippen LogP contribution in [0.25, 0.3) is 0 Å². The maximum absolute atomic E-state index is 13.1. The van der Waals surface area contributed by atoms with Crippen LogP contribution in [-0.2, 0) is 27.8 Å². The Kier molecular flexibility index (Phi) is 10.4. The molecule has 0 heterocycles. The molecule has 1 aliphatic carbocycles. The van der Waals surface area contributed by atoms with Gasteiger partial charge in [0.05, 0.1) is 11.3 Å². The fourth-order valence-electron chi connectivity index (χ4n) is 5.55. The number of amides is 1. The quantitative estimate of drug-likeness (QED) is 0.387. The number of benzene rings is 2. The summed E-state index contributed by atoms with van der Waals surface area (Å²) >= 11 is 0. The lowest BCUT2D eigenvalue weighted by atomic mass is 9.79. The standard InChI is InChI=1S/C31H46N2O3S/c1-22(2)28-18-26(25-12-10-8-7-9-11-13-25)19-29(23(3)4)30(28)20-31(34)32-37(35,36)27-16-14-24(15-17-27)21-33(5)6/h14-19,22-23,25H,7-13,20-21H2,1-6H3,(H,32,34). The van der Waals surface area contributed by atoms with Gasteiger partial charge in [-0.25, -0.2) is 13.1 Å². The summed E-state index contributed by atoms with van der Waals surface area (Å²) in [6.45, 7) is 9.37. The van der Waals surface area contributed by atoms with Gasteiger partial charge in [0, 0.05) is 6.54 Å². The van der Waals surface area contributed by atoms with Crippen molar-refractivity contribution >= 4 is 15.9 Å². The number of sulfonamides is 1. The van der Waals surface area contributed by atoms with Crippen molar-refractivity contribution in [3.05, 3.63) is 64.2 Å². The molecule has 0 aromatic heterocycles. The first kappa shape index (κ1) is 29.4. The highest BCUT2D eigenvalue weighted by molar-refractivity contribution is 7.90. The maximum Gasteiger partial charge on any atom is 0.264 e. The number of carbonyl (C=O) groups is 1. The van der Waals surface area contributed by atoms with Gasteiger partial charge in [-0.1, -0.05) is 84.1 Å². The molecule has 1 amide bonds. The molecular formula is C31H46N2O3S. The van der Waals surface area contributed by atoms with Crippen LogP contribution in [0.4, 0.5) is 0 Å². The molecule has 0 atom stereocenters. The largest absolute Gasteiger partial charge is 0.305 e. The van der Waals surface area contributed by atoms with Crippen LogP contribution in [0.2, 0.25) is 0 Å². The van der Waals surface area contributed by atoms with Crippen molar-refractivity contribution in [2.75, 3.05) is 14.1 Å². The van der Waals surface area contributed by atoms with Crippen molar-refractivity contribution in [2.24, 2.45) is 0 Å². The Bertz CT molecular complexity index is 1110. The molecule has 0 spiro atoms. The van der Waals surface area contributed by atoms with Gasteiger partial charge in [0.25, 0.3) is 10.0 Å². The van der Waals surface area contributed by atoms with E-state index >= 15 is 0 Å². The zero-order valence-electron chi connectivity index (χ0n) is 23.6. The second-order valence-corrected chi connectivity index (χ2v) is 13.3. The molecule has 204 valence electrons. The fraction of sp³-hybridized carbons (Fsp3) is 0.581. The molecule has 2 aromatic carbocycles. The number of hydrogen-bond donors (Lipinski definition) is 1. The topological polar surface area (TPSA) is 66.5 Å². The second kappa shape index (κ2) is 13.1. The molecule has 0 aliphatic heterocycles. The van der Waals surface area contributed by atoms with Crippen LogP contribution in [0.5, 0.6) is 0 Å². The Hall–Kier alpha value is -2.18. The lowest BCUT2D eigenvalue weighted by molar-refractivity contribution is -0.118. The van der Waals surface area contributed by atoms with Crippen LogP contribution < -0.4 is 4.72 Å². The molecule has 6 heteroatoms. The molecule has 1 aliphatic rings. The van der Waals surface area contributed by atoms with Crippen molar-refractivity contribution < 1.29 is 13.2 Å². The minimum atomic E-state index is -3.94. The highest BCUT2D eigenvalue weighted by Crippen LogP contribution is 2.37. The molecule has 0 radical (unpaired) electrons. The monoisotopic (exact) mass is 526 g/mol. The molecule has 0 unspecified atom stereocenters. The Morgan fingerprint density at radius 2 is 1.41 bits per heavy atom. The number of hydrogen-bond acceptors (Lipinski definition) is 4. The number of nitrogens with zero attached hydrogens (tertiary/aromatic N) is 1. The Morgan fingerprint density at radius 3 is 1.89 bits per heavy atom. The van der Waals surface area contributed by atoms with Crippen molar-refractivity contribution in [1.82, 2.24) is 9.62 Å². The summed E-state index contributed by atoms with van der Waals surface area (Å²) in [5.74, 6) is 0.568. The van der Waals surface area contributed by atoms with E-state index < -0.39 is 15.9 Å². The molecule has 1 fully saturated rings. The van der Waals surface area contributed by atoms with Crippen LogP contribution in [0.1, 0.15) is 118 Å². The van der Waals surface area contributed by atoms with Crippen molar-refractivity contribution in [3.8, 4) is 0 Å². The van der Waals surface area contributed by atoms with Crippen LogP contribution in [0.3, 0.4) is 0 Å². The van der Waals surface area contributed by atoms with Gasteiger partial charge in [0.1, 0.15) is 0 Å². The summed E-state index contributed by atoms with van der Waals surface area (Å²) in [5.41, 5.74) is 5.73. The van der Waals surface area contributed by atoms with Gasteiger partial charge in [0.15, 0.2) is 0 Å².